The molecule has 54 heavy (non-hydrogen) atoms. The van der Waals surface area contributed by atoms with E-state index in [0.29, 0.717) is 6.54 Å². The standard InChI is InChI=1S/C51H41N3/c1-35-36(2)51(54(43-22-10-5-11-23-43)45-27-29-49-41(33-45)31-39-19-13-15-25-47(39)49)52(34-37-16-6-3-7-17-37)50(35)53(42-20-8-4-9-21-42)44-26-28-48-40(32-44)30-38-18-12-14-24-46(38)48/h3-29,32-33H,30-31,34H2,1-2H3. The van der Waals surface area contributed by atoms with Crippen LogP contribution in [0.4, 0.5) is 34.4 Å². The maximum atomic E-state index is 2.56. The molecule has 260 valence electrons. The Hall–Kier alpha value is -6.58. The Balaban J connectivity index is 1.21. The van der Waals surface area contributed by atoms with Crippen LogP contribution in [0.2, 0.25) is 0 Å². The molecule has 0 atom stereocenters. The van der Waals surface area contributed by atoms with Gasteiger partial charge in [0.1, 0.15) is 11.6 Å². The van der Waals surface area contributed by atoms with Gasteiger partial charge >= 0.3 is 0 Å². The molecule has 2 aliphatic rings. The highest BCUT2D eigenvalue weighted by Gasteiger charge is 2.31. The molecule has 10 rings (SSSR count). The third-order valence-electron chi connectivity index (χ3n) is 11.5. The summed E-state index contributed by atoms with van der Waals surface area (Å²) in [5.74, 6) is 2.34. The summed E-state index contributed by atoms with van der Waals surface area (Å²) in [6.07, 6.45) is 1.89. The number of anilines is 6. The Bertz CT molecular complexity index is 2490. The van der Waals surface area contributed by atoms with Crippen LogP contribution in [0.5, 0.6) is 0 Å². The van der Waals surface area contributed by atoms with Crippen LogP contribution in [0.3, 0.4) is 0 Å². The molecule has 0 aliphatic heterocycles. The highest BCUT2D eigenvalue weighted by molar-refractivity contribution is 5.88. The summed E-state index contributed by atoms with van der Waals surface area (Å²) >= 11 is 0. The molecule has 0 radical (unpaired) electrons. The van der Waals surface area contributed by atoms with Gasteiger partial charge in [-0.05, 0) is 136 Å². The summed E-state index contributed by atoms with van der Waals surface area (Å²) in [5.41, 5.74) is 19.3. The van der Waals surface area contributed by atoms with Crippen molar-refractivity contribution in [3.63, 3.8) is 0 Å². The summed E-state index contributed by atoms with van der Waals surface area (Å²) in [6, 6.07) is 64.5. The lowest BCUT2D eigenvalue weighted by atomic mass is 10.0. The van der Waals surface area contributed by atoms with Crippen LogP contribution in [0.1, 0.15) is 38.9 Å². The molecule has 0 unspecified atom stereocenters. The second-order valence-corrected chi connectivity index (χ2v) is 14.7. The van der Waals surface area contributed by atoms with Gasteiger partial charge in [0, 0.05) is 22.7 Å². The van der Waals surface area contributed by atoms with Gasteiger partial charge in [0.25, 0.3) is 0 Å². The number of hydrogen-bond donors (Lipinski definition) is 0. The van der Waals surface area contributed by atoms with E-state index < -0.39 is 0 Å². The van der Waals surface area contributed by atoms with Gasteiger partial charge in [-0.2, -0.15) is 0 Å². The summed E-state index contributed by atoms with van der Waals surface area (Å²) in [5, 5.41) is 0. The van der Waals surface area contributed by atoms with E-state index in [0.717, 1.165) is 35.6 Å². The maximum absolute atomic E-state index is 2.56. The van der Waals surface area contributed by atoms with E-state index in [2.05, 4.69) is 204 Å². The molecule has 0 N–H and O–H groups in total. The zero-order chi connectivity index (χ0) is 36.2. The molecule has 0 amide bonds. The molecular weight excluding hydrogens is 655 g/mol. The monoisotopic (exact) mass is 695 g/mol. The highest BCUT2D eigenvalue weighted by Crippen LogP contribution is 2.49. The van der Waals surface area contributed by atoms with E-state index in [1.165, 1.54) is 72.8 Å². The van der Waals surface area contributed by atoms with Crippen LogP contribution in [-0.2, 0) is 19.4 Å². The first-order valence-electron chi connectivity index (χ1n) is 19.0. The van der Waals surface area contributed by atoms with Crippen LogP contribution < -0.4 is 9.80 Å². The molecule has 8 aromatic rings. The van der Waals surface area contributed by atoms with Crippen LogP contribution in [0.15, 0.2) is 176 Å². The van der Waals surface area contributed by atoms with E-state index >= 15 is 0 Å². The SMILES string of the molecule is Cc1c(C)c(N(c2ccccc2)c2ccc3c(c2)Cc2ccccc2-3)n(Cc2ccccc2)c1N(c1ccccc1)c1ccc2c(c1)Cc1ccccc1-2. The van der Waals surface area contributed by atoms with Gasteiger partial charge < -0.3 is 4.57 Å². The van der Waals surface area contributed by atoms with Crippen LogP contribution in [0.25, 0.3) is 22.3 Å². The number of aromatic nitrogens is 1. The number of para-hydroxylation sites is 2. The normalized spacial score (nSPS) is 12.2. The molecule has 7 aromatic carbocycles. The third-order valence-corrected chi connectivity index (χ3v) is 11.5. The van der Waals surface area contributed by atoms with Gasteiger partial charge in [0.2, 0.25) is 0 Å². The fourth-order valence-electron chi connectivity index (χ4n) is 8.82. The molecule has 0 spiro atoms. The lowest BCUT2D eigenvalue weighted by molar-refractivity contribution is 0.795. The lowest BCUT2D eigenvalue weighted by Gasteiger charge is -2.32. The zero-order valence-corrected chi connectivity index (χ0v) is 30.7. The summed E-state index contributed by atoms with van der Waals surface area (Å²) < 4.78 is 2.56. The number of nitrogens with zero attached hydrogens (tertiary/aromatic N) is 3. The summed E-state index contributed by atoms with van der Waals surface area (Å²) in [4.78, 5) is 4.97. The molecule has 3 heteroatoms. The molecule has 3 nitrogen and oxygen atoms in total. The topological polar surface area (TPSA) is 11.4 Å². The van der Waals surface area contributed by atoms with Crippen molar-refractivity contribution in [3.05, 3.63) is 215 Å². The zero-order valence-electron chi connectivity index (χ0n) is 30.7. The first-order chi connectivity index (χ1) is 26.6. The molecule has 1 aromatic heterocycles. The van der Waals surface area contributed by atoms with Crippen molar-refractivity contribution >= 4 is 34.4 Å². The molecular formula is C51H41N3. The van der Waals surface area contributed by atoms with Gasteiger partial charge in [0.15, 0.2) is 0 Å². The minimum atomic E-state index is 0.708. The fourth-order valence-corrected chi connectivity index (χ4v) is 8.82. The van der Waals surface area contributed by atoms with Gasteiger partial charge in [-0.25, -0.2) is 0 Å². The van der Waals surface area contributed by atoms with Gasteiger partial charge in [-0.3, -0.25) is 9.80 Å². The average Bonchev–Trinajstić information content (AvgIpc) is 3.86. The minimum absolute atomic E-state index is 0.708. The number of hydrogen-bond acceptors (Lipinski definition) is 2. The first kappa shape index (κ1) is 32.1. The van der Waals surface area contributed by atoms with Crippen LogP contribution >= 0.6 is 0 Å². The predicted octanol–water partition coefficient (Wildman–Crippen LogP) is 13.2. The maximum Gasteiger partial charge on any atom is 0.122 e. The minimum Gasteiger partial charge on any atom is -0.308 e. The van der Waals surface area contributed by atoms with Crippen molar-refractivity contribution < 1.29 is 0 Å². The van der Waals surface area contributed by atoms with Gasteiger partial charge in [-0.15, -0.1) is 0 Å². The Labute approximate surface area is 318 Å². The van der Waals surface area contributed by atoms with Gasteiger partial charge in [0.05, 0.1) is 6.54 Å². The van der Waals surface area contributed by atoms with Crippen LogP contribution in [0, 0.1) is 13.8 Å². The van der Waals surface area contributed by atoms with Crippen molar-refractivity contribution in [1.29, 1.82) is 0 Å². The molecule has 0 bridgehead atoms. The quantitative estimate of drug-likeness (QED) is 0.157. The van der Waals surface area contributed by atoms with Crippen molar-refractivity contribution in [2.24, 2.45) is 0 Å². The second kappa shape index (κ2) is 13.1. The Kier molecular flexibility index (Phi) is 7.80. The highest BCUT2D eigenvalue weighted by atomic mass is 15.3. The fraction of sp³-hybridized carbons (Fsp3) is 0.0980. The van der Waals surface area contributed by atoms with E-state index in [1.807, 2.05) is 0 Å². The lowest BCUT2D eigenvalue weighted by Crippen LogP contribution is -2.20. The van der Waals surface area contributed by atoms with E-state index in [4.69, 9.17) is 0 Å². The summed E-state index contributed by atoms with van der Waals surface area (Å²) in [6.45, 7) is 5.31. The van der Waals surface area contributed by atoms with Crippen LogP contribution in [-0.4, -0.2) is 4.57 Å². The largest absolute Gasteiger partial charge is 0.308 e. The second-order valence-electron chi connectivity index (χ2n) is 14.7. The first-order valence-corrected chi connectivity index (χ1v) is 19.0. The Morgan fingerprint density at radius 2 is 0.778 bits per heavy atom. The van der Waals surface area contributed by atoms with Crippen molar-refractivity contribution in [1.82, 2.24) is 4.57 Å². The third kappa shape index (κ3) is 5.35. The van der Waals surface area contributed by atoms with Crippen molar-refractivity contribution in [2.75, 3.05) is 9.80 Å². The predicted molar refractivity (Wildman–Crippen MR) is 225 cm³/mol. The van der Waals surface area contributed by atoms with Gasteiger partial charge in [-0.1, -0.05) is 127 Å². The average molecular weight is 696 g/mol. The number of benzene rings is 7. The molecule has 2 aliphatic carbocycles. The van der Waals surface area contributed by atoms with Crippen molar-refractivity contribution in [3.8, 4) is 22.3 Å². The van der Waals surface area contributed by atoms with E-state index in [1.54, 1.807) is 0 Å². The smallest absolute Gasteiger partial charge is 0.122 e. The Morgan fingerprint density at radius 3 is 1.24 bits per heavy atom. The molecule has 0 saturated carbocycles. The molecule has 0 fully saturated rings. The van der Waals surface area contributed by atoms with E-state index in [-0.39, 0.29) is 0 Å². The number of fused-ring (bicyclic) bond motifs is 6. The molecule has 0 saturated heterocycles. The summed E-state index contributed by atoms with van der Waals surface area (Å²) in [7, 11) is 0. The van der Waals surface area contributed by atoms with Crippen molar-refractivity contribution in [2.45, 2.75) is 33.2 Å². The van der Waals surface area contributed by atoms with E-state index in [9.17, 15) is 0 Å². The molecule has 1 heterocycles. The number of rotatable bonds is 8. The Morgan fingerprint density at radius 1 is 0.389 bits per heavy atom.